The zero-order valence-electron chi connectivity index (χ0n) is 15.3. The van der Waals surface area contributed by atoms with Gasteiger partial charge in [-0.2, -0.15) is 0 Å². The highest BCUT2D eigenvalue weighted by atomic mass is 32.2. The van der Waals surface area contributed by atoms with Crippen molar-refractivity contribution < 1.29 is 27.5 Å². The number of hydrogen-bond donors (Lipinski definition) is 2. The molecule has 1 amide bonds. The van der Waals surface area contributed by atoms with Gasteiger partial charge in [0, 0.05) is 0 Å². The standard InChI is InChI=1S/C16H23N3O6S/c1-11-6-8-12(9-7-11)26(22,23)19-14(17-10-13(20)24-5)18-15(21)25-16(2,3)4/h6-9H,10H2,1-5H3,(H2,17,18,19,21). The second kappa shape index (κ2) is 8.65. The van der Waals surface area contributed by atoms with E-state index in [1.807, 2.05) is 6.92 Å². The first-order valence-electron chi connectivity index (χ1n) is 7.64. The van der Waals surface area contributed by atoms with Gasteiger partial charge in [0.1, 0.15) is 12.1 Å². The van der Waals surface area contributed by atoms with E-state index in [0.717, 1.165) is 12.7 Å². The van der Waals surface area contributed by atoms with Crippen LogP contribution < -0.4 is 10.0 Å². The molecular weight excluding hydrogens is 362 g/mol. The Balaban J connectivity index is 3.02. The van der Waals surface area contributed by atoms with Crippen molar-refractivity contribution in [3.05, 3.63) is 29.8 Å². The molecule has 0 heterocycles. The molecule has 0 saturated carbocycles. The molecule has 1 rings (SSSR count). The lowest BCUT2D eigenvalue weighted by atomic mass is 10.2. The van der Waals surface area contributed by atoms with E-state index in [9.17, 15) is 18.0 Å². The topological polar surface area (TPSA) is 123 Å². The summed E-state index contributed by atoms with van der Waals surface area (Å²) in [5.41, 5.74) is 0.0864. The van der Waals surface area contributed by atoms with Crippen LogP contribution in [-0.2, 0) is 24.3 Å². The SMILES string of the molecule is COC(=O)CN=C(NC(=O)OC(C)(C)C)NS(=O)(=O)c1ccc(C)cc1. The average molecular weight is 385 g/mol. The van der Waals surface area contributed by atoms with Crippen molar-refractivity contribution in [2.24, 2.45) is 4.99 Å². The normalized spacial score (nSPS) is 12.3. The van der Waals surface area contributed by atoms with Crippen LogP contribution in [0, 0.1) is 6.92 Å². The van der Waals surface area contributed by atoms with Crippen molar-refractivity contribution in [3.63, 3.8) is 0 Å². The summed E-state index contributed by atoms with van der Waals surface area (Å²) in [6.45, 7) is 6.27. The molecule has 0 atom stereocenters. The maximum atomic E-state index is 12.4. The van der Waals surface area contributed by atoms with E-state index in [-0.39, 0.29) is 4.90 Å². The van der Waals surface area contributed by atoms with Gasteiger partial charge in [0.2, 0.25) is 5.96 Å². The number of amides is 1. The number of methoxy groups -OCH3 is 1. The van der Waals surface area contributed by atoms with E-state index >= 15 is 0 Å². The molecule has 0 saturated heterocycles. The number of guanidine groups is 1. The molecular formula is C16H23N3O6S. The van der Waals surface area contributed by atoms with Crippen molar-refractivity contribution in [3.8, 4) is 0 Å². The number of carbonyl (C=O) groups is 2. The van der Waals surface area contributed by atoms with E-state index in [1.165, 1.54) is 12.1 Å². The highest BCUT2D eigenvalue weighted by Gasteiger charge is 2.21. The summed E-state index contributed by atoms with van der Waals surface area (Å²) in [4.78, 5) is 26.8. The molecule has 9 nitrogen and oxygen atoms in total. The number of carbonyl (C=O) groups excluding carboxylic acids is 2. The van der Waals surface area contributed by atoms with Gasteiger partial charge in [0.15, 0.2) is 0 Å². The molecule has 0 aliphatic rings. The van der Waals surface area contributed by atoms with Gasteiger partial charge in [0.25, 0.3) is 10.0 Å². The van der Waals surface area contributed by atoms with Crippen LogP contribution in [-0.4, -0.2) is 45.7 Å². The van der Waals surface area contributed by atoms with Crippen LogP contribution >= 0.6 is 0 Å². The van der Waals surface area contributed by atoms with Gasteiger partial charge >= 0.3 is 12.1 Å². The Morgan fingerprint density at radius 2 is 1.73 bits per heavy atom. The molecule has 0 bridgehead atoms. The van der Waals surface area contributed by atoms with Gasteiger partial charge in [-0.05, 0) is 39.8 Å². The van der Waals surface area contributed by atoms with Crippen LogP contribution in [0.25, 0.3) is 0 Å². The Morgan fingerprint density at radius 3 is 2.23 bits per heavy atom. The summed E-state index contributed by atoms with van der Waals surface area (Å²) in [5, 5.41) is 2.18. The lowest BCUT2D eigenvalue weighted by Crippen LogP contribution is -2.46. The maximum Gasteiger partial charge on any atom is 0.414 e. The molecule has 0 unspecified atom stereocenters. The molecule has 0 aromatic heterocycles. The van der Waals surface area contributed by atoms with Crippen LogP contribution in [0.4, 0.5) is 4.79 Å². The number of benzene rings is 1. The quantitative estimate of drug-likeness (QED) is 0.458. The molecule has 144 valence electrons. The second-order valence-corrected chi connectivity index (χ2v) is 7.97. The van der Waals surface area contributed by atoms with Gasteiger partial charge < -0.3 is 9.47 Å². The lowest BCUT2D eigenvalue weighted by molar-refractivity contribution is -0.138. The van der Waals surface area contributed by atoms with Crippen molar-refractivity contribution in [2.45, 2.75) is 38.2 Å². The fraction of sp³-hybridized carbons (Fsp3) is 0.438. The van der Waals surface area contributed by atoms with Crippen LogP contribution in [0.1, 0.15) is 26.3 Å². The van der Waals surface area contributed by atoms with Crippen LogP contribution in [0.5, 0.6) is 0 Å². The zero-order chi connectivity index (χ0) is 20.0. The smallest absolute Gasteiger partial charge is 0.414 e. The van der Waals surface area contributed by atoms with Crippen molar-refractivity contribution >= 4 is 28.0 Å². The van der Waals surface area contributed by atoms with Crippen molar-refractivity contribution in [1.82, 2.24) is 10.0 Å². The van der Waals surface area contributed by atoms with Gasteiger partial charge in [-0.1, -0.05) is 17.7 Å². The monoisotopic (exact) mass is 385 g/mol. The number of hydrogen-bond acceptors (Lipinski definition) is 7. The molecule has 0 aliphatic carbocycles. The van der Waals surface area contributed by atoms with E-state index in [2.05, 4.69) is 19.8 Å². The maximum absolute atomic E-state index is 12.4. The summed E-state index contributed by atoms with van der Waals surface area (Å²) in [6.07, 6.45) is -0.923. The number of esters is 1. The predicted octanol–water partition coefficient (Wildman–Crippen LogP) is 1.33. The minimum absolute atomic E-state index is 0.0279. The highest BCUT2D eigenvalue weighted by Crippen LogP contribution is 2.10. The first-order chi connectivity index (χ1) is 11.9. The van der Waals surface area contributed by atoms with Crippen LogP contribution in [0.3, 0.4) is 0 Å². The van der Waals surface area contributed by atoms with Gasteiger partial charge in [0.05, 0.1) is 12.0 Å². The first-order valence-corrected chi connectivity index (χ1v) is 9.12. The molecule has 0 fully saturated rings. The minimum atomic E-state index is -4.02. The molecule has 0 spiro atoms. The van der Waals surface area contributed by atoms with Gasteiger partial charge in [-0.25, -0.2) is 22.9 Å². The number of rotatable bonds is 4. The Kier molecular flexibility index (Phi) is 7.13. The van der Waals surface area contributed by atoms with Gasteiger partial charge in [-0.15, -0.1) is 0 Å². The number of alkyl carbamates (subject to hydrolysis) is 1. The van der Waals surface area contributed by atoms with Crippen LogP contribution in [0.2, 0.25) is 0 Å². The lowest BCUT2D eigenvalue weighted by Gasteiger charge is -2.20. The third-order valence-electron chi connectivity index (χ3n) is 2.78. The summed E-state index contributed by atoms with van der Waals surface area (Å²) in [5.74, 6) is -1.16. The molecule has 0 aliphatic heterocycles. The van der Waals surface area contributed by atoms with Gasteiger partial charge in [-0.3, -0.25) is 10.1 Å². The molecule has 0 radical (unpaired) electrons. The second-order valence-electron chi connectivity index (χ2n) is 6.29. The number of nitrogens with zero attached hydrogens (tertiary/aromatic N) is 1. The highest BCUT2D eigenvalue weighted by molar-refractivity contribution is 7.90. The fourth-order valence-corrected chi connectivity index (χ4v) is 2.59. The molecule has 26 heavy (non-hydrogen) atoms. The van der Waals surface area contributed by atoms with E-state index in [0.29, 0.717) is 0 Å². The third kappa shape index (κ3) is 7.51. The largest absolute Gasteiger partial charge is 0.468 e. The number of aliphatic imine (C=N–C) groups is 1. The summed E-state index contributed by atoms with van der Waals surface area (Å²) >= 11 is 0. The van der Waals surface area contributed by atoms with E-state index in [1.54, 1.807) is 32.9 Å². The average Bonchev–Trinajstić information content (AvgIpc) is 2.50. The number of nitrogens with one attached hydrogen (secondary N) is 2. The van der Waals surface area contributed by atoms with E-state index < -0.39 is 40.2 Å². The molecule has 2 N–H and O–H groups in total. The third-order valence-corrected chi connectivity index (χ3v) is 4.13. The van der Waals surface area contributed by atoms with Crippen molar-refractivity contribution in [2.75, 3.05) is 13.7 Å². The minimum Gasteiger partial charge on any atom is -0.468 e. The Hall–Kier alpha value is -2.62. The molecule has 1 aromatic carbocycles. The van der Waals surface area contributed by atoms with Crippen LogP contribution in [0.15, 0.2) is 34.2 Å². The number of sulfonamides is 1. The summed E-state index contributed by atoms with van der Waals surface area (Å²) in [6, 6.07) is 6.06. The molecule has 1 aromatic rings. The number of aryl methyl sites for hydroxylation is 1. The van der Waals surface area contributed by atoms with E-state index in [4.69, 9.17) is 4.74 Å². The first kappa shape index (κ1) is 21.4. The Bertz CT molecular complexity index is 779. The number of ether oxygens (including phenoxy) is 2. The Labute approximate surface area is 152 Å². The van der Waals surface area contributed by atoms with Crippen molar-refractivity contribution in [1.29, 1.82) is 0 Å². The Morgan fingerprint density at radius 1 is 1.15 bits per heavy atom. The zero-order valence-corrected chi connectivity index (χ0v) is 16.1. The predicted molar refractivity (Wildman–Crippen MR) is 95.2 cm³/mol. The fourth-order valence-electron chi connectivity index (χ4n) is 1.61. The summed E-state index contributed by atoms with van der Waals surface area (Å²) < 4.78 is 36.5. The summed E-state index contributed by atoms with van der Waals surface area (Å²) in [7, 11) is -2.86. The molecule has 10 heteroatoms.